The average Bonchev–Trinajstić information content (AvgIpc) is 3.65. The molecule has 0 radical (unpaired) electrons. The summed E-state index contributed by atoms with van der Waals surface area (Å²) in [7, 11) is 0. The number of nitrogens with zero attached hydrogens (tertiary/aromatic N) is 2. The van der Waals surface area contributed by atoms with Gasteiger partial charge in [0, 0.05) is 33.1 Å². The minimum Gasteiger partial charge on any atom is -0.309 e. The summed E-state index contributed by atoms with van der Waals surface area (Å²) in [5, 5.41) is 7.41. The molecule has 0 fully saturated rings. The van der Waals surface area contributed by atoms with E-state index in [1.54, 1.807) is 0 Å². The first kappa shape index (κ1) is 33.6. The van der Waals surface area contributed by atoms with Crippen molar-refractivity contribution in [1.82, 2.24) is 4.57 Å². The molecule has 1 heterocycles. The van der Waals surface area contributed by atoms with Crippen LogP contribution in [0.15, 0.2) is 231 Å². The molecular formula is C56H38N2. The summed E-state index contributed by atoms with van der Waals surface area (Å²) in [5.74, 6) is 0. The summed E-state index contributed by atoms with van der Waals surface area (Å²) < 4.78 is 2.39. The highest BCUT2D eigenvalue weighted by Crippen LogP contribution is 2.47. The lowest BCUT2D eigenvalue weighted by Gasteiger charge is -2.30. The zero-order valence-corrected chi connectivity index (χ0v) is 31.8. The highest BCUT2D eigenvalue weighted by molar-refractivity contribution is 6.17. The molecule has 0 unspecified atom stereocenters. The van der Waals surface area contributed by atoms with Crippen LogP contribution in [0.25, 0.3) is 82.4 Å². The van der Waals surface area contributed by atoms with Crippen LogP contribution in [-0.2, 0) is 0 Å². The minimum absolute atomic E-state index is 1.10. The molecule has 0 aliphatic heterocycles. The monoisotopic (exact) mass is 738 g/mol. The fourth-order valence-corrected chi connectivity index (χ4v) is 8.96. The van der Waals surface area contributed by atoms with Gasteiger partial charge in [0.1, 0.15) is 0 Å². The van der Waals surface area contributed by atoms with E-state index in [9.17, 15) is 0 Å². The molecule has 0 aliphatic carbocycles. The van der Waals surface area contributed by atoms with Crippen LogP contribution < -0.4 is 4.90 Å². The normalized spacial score (nSPS) is 11.4. The van der Waals surface area contributed by atoms with Crippen LogP contribution in [0.5, 0.6) is 0 Å². The predicted molar refractivity (Wildman–Crippen MR) is 247 cm³/mol. The van der Waals surface area contributed by atoms with Gasteiger partial charge in [0.05, 0.1) is 22.4 Å². The SMILES string of the molecule is c1ccc(-c2cccc(N(c3ccccc3-c3cccc(-c4cccc5c4c4ccccc4n5-c4ccccc4)c3)c3cc4ccccc4c4ccccc34)c2)cc1. The maximum atomic E-state index is 2.47. The molecule has 0 N–H and O–H groups in total. The number of para-hydroxylation sites is 3. The van der Waals surface area contributed by atoms with E-state index in [0.29, 0.717) is 0 Å². The van der Waals surface area contributed by atoms with Gasteiger partial charge in [0.15, 0.2) is 0 Å². The van der Waals surface area contributed by atoms with Crippen molar-refractivity contribution >= 4 is 60.4 Å². The number of hydrogen-bond acceptors (Lipinski definition) is 1. The van der Waals surface area contributed by atoms with Crippen LogP contribution in [0, 0.1) is 0 Å². The van der Waals surface area contributed by atoms with Crippen molar-refractivity contribution in [3.05, 3.63) is 231 Å². The van der Waals surface area contributed by atoms with Crippen molar-refractivity contribution in [3.63, 3.8) is 0 Å². The van der Waals surface area contributed by atoms with Crippen LogP contribution in [-0.4, -0.2) is 4.57 Å². The molecule has 0 amide bonds. The number of hydrogen-bond donors (Lipinski definition) is 0. The number of aromatic nitrogens is 1. The molecule has 0 saturated carbocycles. The van der Waals surface area contributed by atoms with Gasteiger partial charge in [-0.25, -0.2) is 0 Å². The van der Waals surface area contributed by atoms with Crippen molar-refractivity contribution in [2.75, 3.05) is 4.90 Å². The van der Waals surface area contributed by atoms with Crippen molar-refractivity contribution in [3.8, 4) is 39.1 Å². The second-order valence-corrected chi connectivity index (χ2v) is 14.9. The van der Waals surface area contributed by atoms with E-state index >= 15 is 0 Å². The summed E-state index contributed by atoms with van der Waals surface area (Å²) in [5.41, 5.74) is 14.0. The van der Waals surface area contributed by atoms with Gasteiger partial charge in [-0.3, -0.25) is 0 Å². The summed E-state index contributed by atoms with van der Waals surface area (Å²) >= 11 is 0. The number of rotatable bonds is 7. The lowest BCUT2D eigenvalue weighted by Crippen LogP contribution is -2.12. The molecule has 0 aliphatic rings. The molecule has 2 nitrogen and oxygen atoms in total. The first-order valence-electron chi connectivity index (χ1n) is 19.9. The van der Waals surface area contributed by atoms with Crippen molar-refractivity contribution < 1.29 is 0 Å². The third-order valence-corrected chi connectivity index (χ3v) is 11.5. The zero-order valence-electron chi connectivity index (χ0n) is 31.8. The molecule has 58 heavy (non-hydrogen) atoms. The molecule has 0 saturated heterocycles. The Kier molecular flexibility index (Phi) is 8.19. The van der Waals surface area contributed by atoms with E-state index in [2.05, 4.69) is 240 Å². The van der Waals surface area contributed by atoms with E-state index in [4.69, 9.17) is 0 Å². The van der Waals surface area contributed by atoms with Gasteiger partial charge in [0.2, 0.25) is 0 Å². The van der Waals surface area contributed by atoms with E-state index in [0.717, 1.165) is 33.9 Å². The quantitative estimate of drug-likeness (QED) is 0.148. The lowest BCUT2D eigenvalue weighted by molar-refractivity contribution is 1.18. The molecule has 0 spiro atoms. The molecular weight excluding hydrogens is 701 g/mol. The van der Waals surface area contributed by atoms with Crippen LogP contribution in [0.3, 0.4) is 0 Å². The predicted octanol–water partition coefficient (Wildman–Crippen LogP) is 15.6. The minimum atomic E-state index is 1.10. The second kappa shape index (κ2) is 14.1. The van der Waals surface area contributed by atoms with Crippen molar-refractivity contribution in [1.29, 1.82) is 0 Å². The third-order valence-electron chi connectivity index (χ3n) is 11.5. The van der Waals surface area contributed by atoms with E-state index < -0.39 is 0 Å². The molecule has 0 atom stereocenters. The summed E-state index contributed by atoms with van der Waals surface area (Å²) in [4.78, 5) is 2.47. The first-order valence-corrected chi connectivity index (χ1v) is 19.9. The van der Waals surface area contributed by atoms with Crippen molar-refractivity contribution in [2.24, 2.45) is 0 Å². The molecule has 11 rings (SSSR count). The van der Waals surface area contributed by atoms with Gasteiger partial charge in [-0.05, 0) is 98.6 Å². The van der Waals surface area contributed by atoms with Gasteiger partial charge >= 0.3 is 0 Å². The van der Waals surface area contributed by atoms with Crippen LogP contribution in [0.4, 0.5) is 17.1 Å². The third kappa shape index (κ3) is 5.66. The molecule has 2 heteroatoms. The van der Waals surface area contributed by atoms with Gasteiger partial charge in [-0.2, -0.15) is 0 Å². The molecule has 10 aromatic carbocycles. The Morgan fingerprint density at radius 1 is 0.310 bits per heavy atom. The Bertz CT molecular complexity index is 3290. The van der Waals surface area contributed by atoms with E-state index in [1.165, 1.54) is 65.6 Å². The van der Waals surface area contributed by atoms with Crippen LogP contribution in [0.2, 0.25) is 0 Å². The maximum absolute atomic E-state index is 2.47. The largest absolute Gasteiger partial charge is 0.309 e. The molecule has 11 aromatic rings. The van der Waals surface area contributed by atoms with Crippen molar-refractivity contribution in [2.45, 2.75) is 0 Å². The van der Waals surface area contributed by atoms with Gasteiger partial charge in [-0.15, -0.1) is 0 Å². The Hall–Kier alpha value is -7.68. The maximum Gasteiger partial charge on any atom is 0.0547 e. The Labute approximate surface area is 338 Å². The fraction of sp³-hybridized carbons (Fsp3) is 0. The molecule has 0 bridgehead atoms. The summed E-state index contributed by atoms with van der Waals surface area (Å²) in [6.07, 6.45) is 0. The summed E-state index contributed by atoms with van der Waals surface area (Å²) in [6, 6.07) is 83.7. The molecule has 1 aromatic heterocycles. The fourth-order valence-electron chi connectivity index (χ4n) is 8.96. The first-order chi connectivity index (χ1) is 28.8. The van der Waals surface area contributed by atoms with E-state index in [1.807, 2.05) is 0 Å². The Morgan fingerprint density at radius 3 is 1.72 bits per heavy atom. The average molecular weight is 739 g/mol. The Balaban J connectivity index is 1.13. The number of anilines is 3. The van der Waals surface area contributed by atoms with Gasteiger partial charge in [-0.1, -0.05) is 176 Å². The topological polar surface area (TPSA) is 8.17 Å². The highest BCUT2D eigenvalue weighted by atomic mass is 15.1. The van der Waals surface area contributed by atoms with Gasteiger partial charge in [0.25, 0.3) is 0 Å². The standard InChI is InChI=1S/C56H38N2/c1-3-18-39(19-4-1)40-21-16-26-45(37-40)58(55-38-43-20-7-8-27-46(43)49-29-9-10-30-50(49)55)52-33-13-11-28-47(52)41-22-15-23-42(36-41)48-32-17-35-54-56(48)51-31-12-14-34-53(51)57(54)44-24-5-2-6-25-44/h1-38H. The number of benzene rings is 10. The highest BCUT2D eigenvalue weighted by Gasteiger charge is 2.22. The van der Waals surface area contributed by atoms with Crippen LogP contribution in [0.1, 0.15) is 0 Å². The van der Waals surface area contributed by atoms with Crippen LogP contribution >= 0.6 is 0 Å². The second-order valence-electron chi connectivity index (χ2n) is 14.9. The smallest absolute Gasteiger partial charge is 0.0547 e. The Morgan fingerprint density at radius 2 is 0.879 bits per heavy atom. The summed E-state index contributed by atoms with van der Waals surface area (Å²) in [6.45, 7) is 0. The number of fused-ring (bicyclic) bond motifs is 6. The lowest BCUT2D eigenvalue weighted by atomic mass is 9.94. The zero-order chi connectivity index (χ0) is 38.4. The molecule has 272 valence electrons. The van der Waals surface area contributed by atoms with Gasteiger partial charge < -0.3 is 9.47 Å². The van der Waals surface area contributed by atoms with E-state index in [-0.39, 0.29) is 0 Å².